The largest absolute Gasteiger partial charge is 0.493 e. The zero-order valence-electron chi connectivity index (χ0n) is 10.0. The van der Waals surface area contributed by atoms with E-state index in [4.69, 9.17) is 9.47 Å². The highest BCUT2D eigenvalue weighted by molar-refractivity contribution is 6.03. The summed E-state index contributed by atoms with van der Waals surface area (Å²) in [4.78, 5) is 11.4. The van der Waals surface area contributed by atoms with Crippen molar-refractivity contribution in [3.63, 3.8) is 0 Å². The highest BCUT2D eigenvalue weighted by atomic mass is 16.5. The fourth-order valence-electron chi connectivity index (χ4n) is 2.27. The van der Waals surface area contributed by atoms with Crippen LogP contribution in [0.3, 0.4) is 0 Å². The van der Waals surface area contributed by atoms with Crippen LogP contribution < -0.4 is 0 Å². The van der Waals surface area contributed by atoms with Crippen molar-refractivity contribution >= 4 is 5.78 Å². The van der Waals surface area contributed by atoms with E-state index < -0.39 is 5.60 Å². The van der Waals surface area contributed by atoms with Crippen LogP contribution in [0.4, 0.5) is 0 Å². The van der Waals surface area contributed by atoms with Crippen molar-refractivity contribution in [2.75, 3.05) is 7.11 Å². The van der Waals surface area contributed by atoms with Crippen LogP contribution in [-0.2, 0) is 14.3 Å². The van der Waals surface area contributed by atoms with Gasteiger partial charge in [-0.15, -0.1) is 0 Å². The Morgan fingerprint density at radius 3 is 2.88 bits per heavy atom. The quantitative estimate of drug-likeness (QED) is 0.718. The van der Waals surface area contributed by atoms with Crippen LogP contribution in [0.5, 0.6) is 0 Å². The normalized spacial score (nSPS) is 33.6. The lowest BCUT2D eigenvalue weighted by Crippen LogP contribution is -2.30. The second-order valence-electron chi connectivity index (χ2n) is 4.80. The van der Waals surface area contributed by atoms with Gasteiger partial charge < -0.3 is 9.47 Å². The maximum Gasteiger partial charge on any atom is 0.219 e. The van der Waals surface area contributed by atoms with Crippen molar-refractivity contribution in [2.45, 2.75) is 38.4 Å². The van der Waals surface area contributed by atoms with E-state index in [0.29, 0.717) is 11.7 Å². The number of methoxy groups -OCH3 is 1. The summed E-state index contributed by atoms with van der Waals surface area (Å²) in [5, 5.41) is 0. The predicted octanol–water partition coefficient (Wildman–Crippen LogP) is 2.23. The van der Waals surface area contributed by atoms with Crippen LogP contribution in [0.2, 0.25) is 0 Å². The van der Waals surface area contributed by atoms with E-state index >= 15 is 0 Å². The second-order valence-corrected chi connectivity index (χ2v) is 4.80. The third kappa shape index (κ3) is 1.92. The van der Waals surface area contributed by atoms with Crippen molar-refractivity contribution in [1.82, 2.24) is 0 Å². The summed E-state index contributed by atoms with van der Waals surface area (Å²) in [5.74, 6) is 0.821. The Kier molecular flexibility index (Phi) is 2.89. The second kappa shape index (κ2) is 4.06. The molecular weight excluding hydrogens is 204 g/mol. The van der Waals surface area contributed by atoms with Crippen molar-refractivity contribution < 1.29 is 14.3 Å². The minimum Gasteiger partial charge on any atom is -0.493 e. The molecule has 0 saturated carbocycles. The Morgan fingerprint density at radius 2 is 2.31 bits per heavy atom. The van der Waals surface area contributed by atoms with Crippen LogP contribution >= 0.6 is 0 Å². The molecule has 1 heterocycles. The molecule has 3 heteroatoms. The monoisotopic (exact) mass is 222 g/mol. The van der Waals surface area contributed by atoms with Gasteiger partial charge in [0, 0.05) is 0 Å². The van der Waals surface area contributed by atoms with Gasteiger partial charge in [0.1, 0.15) is 5.60 Å². The molecule has 1 aliphatic heterocycles. The third-order valence-corrected chi connectivity index (χ3v) is 3.29. The molecule has 16 heavy (non-hydrogen) atoms. The van der Waals surface area contributed by atoms with Gasteiger partial charge in [-0.25, -0.2) is 0 Å². The number of hydrogen-bond acceptors (Lipinski definition) is 3. The summed E-state index contributed by atoms with van der Waals surface area (Å²) in [5.41, 5.74) is -0.409. The number of ketones is 1. The van der Waals surface area contributed by atoms with Gasteiger partial charge >= 0.3 is 0 Å². The molecule has 88 valence electrons. The number of ether oxygens (including phenoxy) is 2. The molecule has 0 aromatic rings. The van der Waals surface area contributed by atoms with Gasteiger partial charge in [0.05, 0.1) is 13.2 Å². The van der Waals surface area contributed by atoms with E-state index in [9.17, 15) is 4.79 Å². The highest BCUT2D eigenvalue weighted by Gasteiger charge is 2.40. The van der Waals surface area contributed by atoms with Crippen LogP contribution in [0, 0.1) is 5.92 Å². The molecule has 0 aromatic carbocycles. The minimum atomic E-state index is -0.409. The minimum absolute atomic E-state index is 0.0790. The molecule has 0 aromatic heterocycles. The standard InChI is InChI=1S/C13H18O3/c1-9(2)11-5-7-13(16-11)6-4-10(14)12(8-13)15-3/h4,6,8-9,11H,5,7H2,1-3H3/t11?,13-/m0/s1. The maximum absolute atomic E-state index is 11.4. The Morgan fingerprint density at radius 1 is 1.56 bits per heavy atom. The van der Waals surface area contributed by atoms with Crippen molar-refractivity contribution in [3.8, 4) is 0 Å². The average Bonchev–Trinajstić information content (AvgIpc) is 2.67. The smallest absolute Gasteiger partial charge is 0.219 e. The zero-order chi connectivity index (χ0) is 11.8. The van der Waals surface area contributed by atoms with E-state index in [-0.39, 0.29) is 11.9 Å². The number of carbonyl (C=O) groups excluding carboxylic acids is 1. The van der Waals surface area contributed by atoms with E-state index in [1.165, 1.54) is 7.11 Å². The number of rotatable bonds is 2. The lowest BCUT2D eigenvalue weighted by Gasteiger charge is -2.26. The van der Waals surface area contributed by atoms with Crippen LogP contribution in [0.1, 0.15) is 26.7 Å². The first kappa shape index (κ1) is 11.4. The highest BCUT2D eigenvalue weighted by Crippen LogP contribution is 2.38. The molecule has 3 nitrogen and oxygen atoms in total. The molecule has 0 amide bonds. The van der Waals surface area contributed by atoms with Gasteiger partial charge in [0.2, 0.25) is 5.78 Å². The number of carbonyl (C=O) groups is 1. The van der Waals surface area contributed by atoms with E-state index in [1.807, 2.05) is 12.2 Å². The van der Waals surface area contributed by atoms with Crippen LogP contribution in [-0.4, -0.2) is 24.6 Å². The summed E-state index contributed by atoms with van der Waals surface area (Å²) >= 11 is 0. The number of hydrogen-bond donors (Lipinski definition) is 0. The average molecular weight is 222 g/mol. The summed E-state index contributed by atoms with van der Waals surface area (Å²) in [6.07, 6.45) is 7.46. The Balaban J connectivity index is 2.19. The topological polar surface area (TPSA) is 35.5 Å². The summed E-state index contributed by atoms with van der Waals surface area (Å²) in [6.45, 7) is 4.31. The van der Waals surface area contributed by atoms with Gasteiger partial charge in [0.25, 0.3) is 0 Å². The van der Waals surface area contributed by atoms with Crippen LogP contribution in [0.15, 0.2) is 24.0 Å². The molecule has 2 rings (SSSR count). The van der Waals surface area contributed by atoms with Gasteiger partial charge in [-0.1, -0.05) is 13.8 Å². The van der Waals surface area contributed by atoms with E-state index in [1.54, 1.807) is 6.08 Å². The first-order valence-corrected chi connectivity index (χ1v) is 5.74. The third-order valence-electron chi connectivity index (χ3n) is 3.29. The summed E-state index contributed by atoms with van der Waals surface area (Å²) < 4.78 is 11.1. The van der Waals surface area contributed by atoms with Gasteiger partial charge in [0.15, 0.2) is 5.76 Å². The summed E-state index contributed by atoms with van der Waals surface area (Å²) in [7, 11) is 1.52. The fourth-order valence-corrected chi connectivity index (χ4v) is 2.27. The predicted molar refractivity (Wildman–Crippen MR) is 60.9 cm³/mol. The molecule has 1 saturated heterocycles. The van der Waals surface area contributed by atoms with Crippen molar-refractivity contribution in [3.05, 3.63) is 24.0 Å². The molecule has 2 aliphatic rings. The van der Waals surface area contributed by atoms with Crippen LogP contribution in [0.25, 0.3) is 0 Å². The molecule has 0 N–H and O–H groups in total. The molecule has 1 unspecified atom stereocenters. The van der Waals surface area contributed by atoms with Gasteiger partial charge in [-0.2, -0.15) is 0 Å². The Labute approximate surface area is 96.1 Å². The zero-order valence-corrected chi connectivity index (χ0v) is 10.0. The van der Waals surface area contributed by atoms with Crippen molar-refractivity contribution in [2.24, 2.45) is 5.92 Å². The molecule has 1 spiro atoms. The van der Waals surface area contributed by atoms with E-state index in [0.717, 1.165) is 12.8 Å². The lowest BCUT2D eigenvalue weighted by molar-refractivity contribution is -0.114. The molecule has 2 atom stereocenters. The molecule has 0 radical (unpaired) electrons. The number of allylic oxidation sites excluding steroid dienone is 1. The lowest BCUT2D eigenvalue weighted by atomic mass is 9.92. The first-order valence-electron chi connectivity index (χ1n) is 5.74. The Hall–Kier alpha value is -1.09. The van der Waals surface area contributed by atoms with Crippen molar-refractivity contribution in [1.29, 1.82) is 0 Å². The Bertz CT molecular complexity index is 354. The molecule has 1 aliphatic carbocycles. The first-order chi connectivity index (χ1) is 7.56. The summed E-state index contributed by atoms with van der Waals surface area (Å²) in [6, 6.07) is 0. The van der Waals surface area contributed by atoms with Gasteiger partial charge in [-0.3, -0.25) is 4.79 Å². The maximum atomic E-state index is 11.4. The SMILES string of the molecule is COC1=C[C@]2(C=CC1=O)CCC(C(C)C)O2. The fraction of sp³-hybridized carbons (Fsp3) is 0.615. The molecule has 1 fully saturated rings. The van der Waals surface area contributed by atoms with Gasteiger partial charge in [-0.05, 0) is 37.0 Å². The molecule has 0 bridgehead atoms. The molecular formula is C13H18O3. The van der Waals surface area contributed by atoms with E-state index in [2.05, 4.69) is 13.8 Å².